The summed E-state index contributed by atoms with van der Waals surface area (Å²) >= 11 is 3.84. The van der Waals surface area contributed by atoms with Crippen molar-refractivity contribution in [1.82, 2.24) is 20.0 Å². The van der Waals surface area contributed by atoms with Gasteiger partial charge in [0.05, 0.1) is 16.3 Å². The topological polar surface area (TPSA) is 43.6 Å². The van der Waals surface area contributed by atoms with Crippen molar-refractivity contribution in [3.8, 4) is 0 Å². The van der Waals surface area contributed by atoms with Crippen LogP contribution in [0.15, 0.2) is 12.4 Å². The number of rotatable bonds is 2. The Morgan fingerprint density at radius 3 is 2.92 bits per heavy atom. The Balaban J connectivity index is 2.14. The second-order valence-electron chi connectivity index (χ2n) is 2.57. The van der Waals surface area contributed by atoms with E-state index in [-0.39, 0.29) is 0 Å². The van der Waals surface area contributed by atoms with E-state index in [0.29, 0.717) is 6.54 Å². The van der Waals surface area contributed by atoms with Crippen LogP contribution in [0.2, 0.25) is 0 Å². The Morgan fingerprint density at radius 2 is 2.38 bits per heavy atom. The van der Waals surface area contributed by atoms with Crippen LogP contribution in [-0.2, 0) is 6.54 Å². The minimum atomic E-state index is 0.717. The Kier molecular flexibility index (Phi) is 2.58. The first kappa shape index (κ1) is 9.07. The van der Waals surface area contributed by atoms with E-state index in [9.17, 15) is 0 Å². The molecule has 0 aliphatic heterocycles. The molecule has 0 fully saturated rings. The van der Waals surface area contributed by atoms with Crippen LogP contribution in [0.3, 0.4) is 0 Å². The largest absolute Gasteiger partial charge is 0.265 e. The molecule has 68 valence electrons. The van der Waals surface area contributed by atoms with Crippen LogP contribution in [0.5, 0.6) is 0 Å². The van der Waals surface area contributed by atoms with E-state index in [4.69, 9.17) is 0 Å². The van der Waals surface area contributed by atoms with Gasteiger partial charge in [0.25, 0.3) is 0 Å². The molecular weight excluding hydrogens is 299 g/mol. The summed E-state index contributed by atoms with van der Waals surface area (Å²) in [4.78, 5) is 0. The number of hydrogen-bond acceptors (Lipinski definition) is 4. The molecule has 2 heterocycles. The molecule has 0 saturated carbocycles. The van der Waals surface area contributed by atoms with Gasteiger partial charge in [-0.1, -0.05) is 11.3 Å². The molecule has 2 aromatic heterocycles. The molecule has 4 nitrogen and oxygen atoms in total. The van der Waals surface area contributed by atoms with Gasteiger partial charge in [0.2, 0.25) is 0 Å². The van der Waals surface area contributed by atoms with Gasteiger partial charge in [-0.3, -0.25) is 4.68 Å². The van der Waals surface area contributed by atoms with Crippen LogP contribution in [0.1, 0.15) is 10.0 Å². The second kappa shape index (κ2) is 3.70. The van der Waals surface area contributed by atoms with Gasteiger partial charge in [-0.05, 0) is 29.5 Å². The van der Waals surface area contributed by atoms with E-state index in [1.54, 1.807) is 11.3 Å². The van der Waals surface area contributed by atoms with Crippen molar-refractivity contribution in [3.05, 3.63) is 26.0 Å². The molecule has 0 aromatic carbocycles. The third-order valence-electron chi connectivity index (χ3n) is 1.47. The fourth-order valence-corrected chi connectivity index (χ4v) is 2.11. The lowest BCUT2D eigenvalue weighted by Gasteiger charge is -1.93. The molecule has 13 heavy (non-hydrogen) atoms. The Bertz CT molecular complexity index is 370. The average molecular weight is 306 g/mol. The second-order valence-corrected chi connectivity index (χ2v) is 5.08. The molecule has 0 unspecified atom stereocenters. The van der Waals surface area contributed by atoms with Crippen LogP contribution >= 0.6 is 33.9 Å². The van der Waals surface area contributed by atoms with E-state index < -0.39 is 0 Å². The van der Waals surface area contributed by atoms with E-state index >= 15 is 0 Å². The molecular formula is C7H7IN4S. The summed E-state index contributed by atoms with van der Waals surface area (Å²) in [6, 6.07) is 0. The molecule has 2 aromatic rings. The fraction of sp³-hybridized carbons (Fsp3) is 0.286. The molecule has 0 bridgehead atoms. The van der Waals surface area contributed by atoms with Crippen LogP contribution in [0.4, 0.5) is 0 Å². The van der Waals surface area contributed by atoms with Gasteiger partial charge in [0.15, 0.2) is 0 Å². The highest BCUT2D eigenvalue weighted by Gasteiger charge is 2.02. The van der Waals surface area contributed by atoms with Crippen molar-refractivity contribution in [1.29, 1.82) is 0 Å². The molecule has 0 spiro atoms. The molecule has 2 rings (SSSR count). The Hall–Kier alpha value is -0.500. The van der Waals surface area contributed by atoms with Gasteiger partial charge in [-0.2, -0.15) is 5.10 Å². The molecule has 0 amide bonds. The van der Waals surface area contributed by atoms with Gasteiger partial charge in [0.1, 0.15) is 10.0 Å². The van der Waals surface area contributed by atoms with Crippen molar-refractivity contribution < 1.29 is 0 Å². The maximum atomic E-state index is 4.17. The standard InChI is InChI=1S/C7H7IN4S/c1-5-10-11-7(13-5)4-12-3-6(8)2-9-12/h2-3H,4H2,1H3. The summed E-state index contributed by atoms with van der Waals surface area (Å²) < 4.78 is 3.00. The van der Waals surface area contributed by atoms with Crippen molar-refractivity contribution in [2.24, 2.45) is 0 Å². The smallest absolute Gasteiger partial charge is 0.139 e. The summed E-state index contributed by atoms with van der Waals surface area (Å²) in [6.45, 7) is 2.67. The summed E-state index contributed by atoms with van der Waals surface area (Å²) in [5, 5.41) is 14.1. The lowest BCUT2D eigenvalue weighted by molar-refractivity contribution is 0.676. The molecule has 0 atom stereocenters. The monoisotopic (exact) mass is 306 g/mol. The minimum Gasteiger partial charge on any atom is -0.265 e. The van der Waals surface area contributed by atoms with E-state index in [1.165, 1.54) is 0 Å². The predicted molar refractivity (Wildman–Crippen MR) is 58.7 cm³/mol. The Labute approximate surface area is 93.1 Å². The number of aryl methyl sites for hydroxylation is 1. The molecule has 0 aliphatic carbocycles. The molecule has 0 saturated heterocycles. The first-order valence-electron chi connectivity index (χ1n) is 3.71. The highest BCUT2D eigenvalue weighted by atomic mass is 127. The number of aromatic nitrogens is 4. The van der Waals surface area contributed by atoms with Crippen LogP contribution in [0, 0.1) is 10.5 Å². The zero-order valence-corrected chi connectivity index (χ0v) is 9.91. The quantitative estimate of drug-likeness (QED) is 0.793. The zero-order chi connectivity index (χ0) is 9.26. The third kappa shape index (κ3) is 2.25. The van der Waals surface area contributed by atoms with E-state index in [0.717, 1.165) is 13.6 Å². The fourth-order valence-electron chi connectivity index (χ4n) is 0.965. The molecule has 0 radical (unpaired) electrons. The SMILES string of the molecule is Cc1nnc(Cn2cc(I)cn2)s1. The Morgan fingerprint density at radius 1 is 1.54 bits per heavy atom. The van der Waals surface area contributed by atoms with Crippen LogP contribution in [-0.4, -0.2) is 20.0 Å². The van der Waals surface area contributed by atoms with E-state index in [2.05, 4.69) is 37.9 Å². The van der Waals surface area contributed by atoms with E-state index in [1.807, 2.05) is 24.0 Å². The normalized spacial score (nSPS) is 10.6. The highest BCUT2D eigenvalue weighted by molar-refractivity contribution is 14.1. The summed E-state index contributed by atoms with van der Waals surface area (Å²) in [5.74, 6) is 0. The number of halogens is 1. The molecule has 0 aliphatic rings. The zero-order valence-electron chi connectivity index (χ0n) is 6.94. The average Bonchev–Trinajstić information content (AvgIpc) is 2.62. The number of nitrogens with zero attached hydrogens (tertiary/aromatic N) is 4. The summed E-state index contributed by atoms with van der Waals surface area (Å²) in [6.07, 6.45) is 3.81. The lowest BCUT2D eigenvalue weighted by Crippen LogP contribution is -1.99. The summed E-state index contributed by atoms with van der Waals surface area (Å²) in [5.41, 5.74) is 0. The van der Waals surface area contributed by atoms with Gasteiger partial charge in [0, 0.05) is 6.20 Å². The van der Waals surface area contributed by atoms with Gasteiger partial charge < -0.3 is 0 Å². The van der Waals surface area contributed by atoms with Gasteiger partial charge >= 0.3 is 0 Å². The minimum absolute atomic E-state index is 0.717. The van der Waals surface area contributed by atoms with Crippen molar-refractivity contribution in [2.75, 3.05) is 0 Å². The van der Waals surface area contributed by atoms with Crippen LogP contribution < -0.4 is 0 Å². The lowest BCUT2D eigenvalue weighted by atomic mass is 10.7. The summed E-state index contributed by atoms with van der Waals surface area (Å²) in [7, 11) is 0. The molecule has 6 heteroatoms. The van der Waals surface area contributed by atoms with Crippen molar-refractivity contribution in [2.45, 2.75) is 13.5 Å². The maximum Gasteiger partial charge on any atom is 0.139 e. The van der Waals surface area contributed by atoms with Crippen molar-refractivity contribution >= 4 is 33.9 Å². The van der Waals surface area contributed by atoms with Crippen LogP contribution in [0.25, 0.3) is 0 Å². The predicted octanol–water partition coefficient (Wildman–Crippen LogP) is 1.70. The first-order valence-corrected chi connectivity index (χ1v) is 5.60. The van der Waals surface area contributed by atoms with Gasteiger partial charge in [-0.25, -0.2) is 0 Å². The van der Waals surface area contributed by atoms with Crippen molar-refractivity contribution in [3.63, 3.8) is 0 Å². The third-order valence-corrected chi connectivity index (χ3v) is 2.85. The van der Waals surface area contributed by atoms with Gasteiger partial charge in [-0.15, -0.1) is 10.2 Å². The maximum absolute atomic E-state index is 4.17. The highest BCUT2D eigenvalue weighted by Crippen LogP contribution is 2.10. The molecule has 0 N–H and O–H groups in total. The first-order chi connectivity index (χ1) is 6.24. The number of hydrogen-bond donors (Lipinski definition) is 0.